The quantitative estimate of drug-likeness (QED) is 0.460. The van der Waals surface area contributed by atoms with E-state index in [-0.39, 0.29) is 35.3 Å². The molecule has 0 bridgehead atoms. The molecule has 3 rings (SSSR count). The fourth-order valence-electron chi connectivity index (χ4n) is 3.44. The van der Waals surface area contributed by atoms with Crippen LogP contribution in [0.2, 0.25) is 0 Å². The SMILES string of the molecule is CCn1cc(NC(=O)C2CCN(S(=O)(=O)c3ccc([N+](=O)[O-])cc3)CC2)c(C(=O)NC)n1. The Kier molecular flexibility index (Phi) is 6.89. The van der Waals surface area contributed by atoms with Crippen molar-refractivity contribution in [1.82, 2.24) is 19.4 Å². The number of hydrogen-bond donors (Lipinski definition) is 2. The summed E-state index contributed by atoms with van der Waals surface area (Å²) in [7, 11) is -2.35. The highest BCUT2D eigenvalue weighted by Gasteiger charge is 2.33. The molecule has 1 aromatic heterocycles. The van der Waals surface area contributed by atoms with Crippen LogP contribution in [0.3, 0.4) is 0 Å². The first kappa shape index (κ1) is 23.3. The van der Waals surface area contributed by atoms with E-state index in [0.29, 0.717) is 25.1 Å². The van der Waals surface area contributed by atoms with E-state index in [4.69, 9.17) is 0 Å². The highest BCUT2D eigenvalue weighted by atomic mass is 32.2. The number of carbonyl (C=O) groups is 2. The van der Waals surface area contributed by atoms with Crippen molar-refractivity contribution in [3.05, 3.63) is 46.3 Å². The van der Waals surface area contributed by atoms with Crippen molar-refractivity contribution in [2.24, 2.45) is 5.92 Å². The fraction of sp³-hybridized carbons (Fsp3) is 0.421. The van der Waals surface area contributed by atoms with Crippen LogP contribution < -0.4 is 10.6 Å². The van der Waals surface area contributed by atoms with E-state index < -0.39 is 26.8 Å². The number of aryl methyl sites for hydroxylation is 1. The predicted molar refractivity (Wildman–Crippen MR) is 115 cm³/mol. The van der Waals surface area contributed by atoms with Crippen LogP contribution in [0.1, 0.15) is 30.3 Å². The van der Waals surface area contributed by atoms with E-state index in [2.05, 4.69) is 15.7 Å². The minimum absolute atomic E-state index is 0.0341. The van der Waals surface area contributed by atoms with E-state index in [1.807, 2.05) is 6.92 Å². The summed E-state index contributed by atoms with van der Waals surface area (Å²) in [5, 5.41) is 20.1. The van der Waals surface area contributed by atoms with Gasteiger partial charge >= 0.3 is 0 Å². The van der Waals surface area contributed by atoms with Gasteiger partial charge in [0.1, 0.15) is 0 Å². The second-order valence-corrected chi connectivity index (χ2v) is 9.18. The van der Waals surface area contributed by atoms with Crippen LogP contribution in [0.5, 0.6) is 0 Å². The summed E-state index contributed by atoms with van der Waals surface area (Å²) in [6.07, 6.45) is 2.18. The number of carbonyl (C=O) groups excluding carboxylic acids is 2. The molecule has 0 radical (unpaired) electrons. The first-order valence-corrected chi connectivity index (χ1v) is 11.5. The molecule has 13 heteroatoms. The van der Waals surface area contributed by atoms with Gasteiger partial charge in [0.15, 0.2) is 5.69 Å². The molecule has 2 aromatic rings. The Hall–Kier alpha value is -3.32. The fourth-order valence-corrected chi connectivity index (χ4v) is 4.91. The van der Waals surface area contributed by atoms with Gasteiger partial charge in [0, 0.05) is 50.9 Å². The molecule has 1 aliphatic rings. The summed E-state index contributed by atoms with van der Waals surface area (Å²) in [6, 6.07) is 4.71. The topological polar surface area (TPSA) is 157 Å². The molecule has 1 fully saturated rings. The molecular weight excluding hydrogens is 440 g/mol. The van der Waals surface area contributed by atoms with Crippen molar-refractivity contribution >= 4 is 33.2 Å². The molecule has 32 heavy (non-hydrogen) atoms. The molecule has 1 aliphatic heterocycles. The summed E-state index contributed by atoms with van der Waals surface area (Å²) < 4.78 is 28.5. The van der Waals surface area contributed by atoms with Crippen LogP contribution in [0, 0.1) is 16.0 Å². The third-order valence-electron chi connectivity index (χ3n) is 5.30. The number of hydrogen-bond acceptors (Lipinski definition) is 7. The molecule has 0 saturated carbocycles. The lowest BCUT2D eigenvalue weighted by molar-refractivity contribution is -0.384. The Morgan fingerprint density at radius 1 is 1.22 bits per heavy atom. The number of non-ortho nitro benzene ring substituents is 1. The number of amides is 2. The van der Waals surface area contributed by atoms with Crippen molar-refractivity contribution in [3.63, 3.8) is 0 Å². The average molecular weight is 465 g/mol. The number of nitro groups is 1. The van der Waals surface area contributed by atoms with Gasteiger partial charge in [-0.15, -0.1) is 0 Å². The number of benzene rings is 1. The van der Waals surface area contributed by atoms with E-state index in [9.17, 15) is 28.1 Å². The summed E-state index contributed by atoms with van der Waals surface area (Å²) in [5.74, 6) is -1.16. The average Bonchev–Trinajstić information content (AvgIpc) is 3.21. The number of sulfonamides is 1. The normalized spacial score (nSPS) is 15.3. The Balaban J connectivity index is 1.65. The monoisotopic (exact) mass is 464 g/mol. The maximum atomic E-state index is 12.8. The van der Waals surface area contributed by atoms with Gasteiger partial charge in [-0.25, -0.2) is 8.42 Å². The lowest BCUT2D eigenvalue weighted by atomic mass is 9.97. The van der Waals surface area contributed by atoms with Gasteiger partial charge < -0.3 is 10.6 Å². The van der Waals surface area contributed by atoms with Gasteiger partial charge in [-0.2, -0.15) is 9.40 Å². The third-order valence-corrected chi connectivity index (χ3v) is 7.21. The molecule has 0 unspecified atom stereocenters. The van der Waals surface area contributed by atoms with Crippen molar-refractivity contribution in [2.75, 3.05) is 25.5 Å². The molecule has 12 nitrogen and oxygen atoms in total. The molecule has 1 saturated heterocycles. The van der Waals surface area contributed by atoms with Gasteiger partial charge in [0.05, 0.1) is 15.5 Å². The molecular formula is C19H24N6O6S. The van der Waals surface area contributed by atoms with Crippen LogP contribution in [0.15, 0.2) is 35.4 Å². The van der Waals surface area contributed by atoms with Gasteiger partial charge in [-0.05, 0) is 31.9 Å². The van der Waals surface area contributed by atoms with Crippen LogP contribution in [-0.4, -0.2) is 59.4 Å². The molecule has 0 aliphatic carbocycles. The largest absolute Gasteiger partial charge is 0.354 e. The second kappa shape index (κ2) is 9.44. The van der Waals surface area contributed by atoms with Crippen molar-refractivity contribution < 1.29 is 22.9 Å². The summed E-state index contributed by atoms with van der Waals surface area (Å²) in [6.45, 7) is 2.65. The van der Waals surface area contributed by atoms with Crippen LogP contribution in [0.4, 0.5) is 11.4 Å². The zero-order valence-corrected chi connectivity index (χ0v) is 18.5. The lowest BCUT2D eigenvalue weighted by Crippen LogP contribution is -2.41. The first-order chi connectivity index (χ1) is 15.2. The Bertz CT molecular complexity index is 1120. The van der Waals surface area contributed by atoms with Crippen molar-refractivity contribution in [1.29, 1.82) is 0 Å². The molecule has 1 aromatic carbocycles. The molecule has 0 spiro atoms. The summed E-state index contributed by atoms with van der Waals surface area (Å²) >= 11 is 0. The predicted octanol–water partition coefficient (Wildman–Crippen LogP) is 1.21. The Labute approximate surface area is 184 Å². The number of piperidine rings is 1. The van der Waals surface area contributed by atoms with Gasteiger partial charge in [-0.1, -0.05) is 0 Å². The maximum absolute atomic E-state index is 12.8. The number of anilines is 1. The molecule has 0 atom stereocenters. The number of aromatic nitrogens is 2. The van der Waals surface area contributed by atoms with Crippen LogP contribution >= 0.6 is 0 Å². The third kappa shape index (κ3) is 4.78. The highest BCUT2D eigenvalue weighted by Crippen LogP contribution is 2.26. The van der Waals surface area contributed by atoms with Crippen molar-refractivity contribution in [2.45, 2.75) is 31.2 Å². The number of nitrogens with one attached hydrogen (secondary N) is 2. The Morgan fingerprint density at radius 2 is 1.84 bits per heavy atom. The highest BCUT2D eigenvalue weighted by molar-refractivity contribution is 7.89. The smallest absolute Gasteiger partial charge is 0.273 e. The molecule has 172 valence electrons. The zero-order chi connectivity index (χ0) is 23.5. The molecule has 2 N–H and O–H groups in total. The number of nitrogens with zero attached hydrogens (tertiary/aromatic N) is 4. The first-order valence-electron chi connectivity index (χ1n) is 10.0. The van der Waals surface area contributed by atoms with Crippen molar-refractivity contribution in [3.8, 4) is 0 Å². The van der Waals surface area contributed by atoms with Gasteiger partial charge in [-0.3, -0.25) is 24.4 Å². The van der Waals surface area contributed by atoms with Gasteiger partial charge in [0.2, 0.25) is 15.9 Å². The van der Waals surface area contributed by atoms with Gasteiger partial charge in [0.25, 0.3) is 11.6 Å². The van der Waals surface area contributed by atoms with E-state index in [1.165, 1.54) is 23.5 Å². The Morgan fingerprint density at radius 3 is 2.38 bits per heavy atom. The molecule has 2 amide bonds. The number of rotatable bonds is 7. The second-order valence-electron chi connectivity index (χ2n) is 7.24. The maximum Gasteiger partial charge on any atom is 0.273 e. The minimum Gasteiger partial charge on any atom is -0.354 e. The standard InChI is InChI=1S/C19H24N6O6S/c1-3-23-12-16(17(22-23)19(27)20-2)21-18(26)13-8-10-24(11-9-13)32(30,31)15-6-4-14(5-7-15)25(28)29/h4-7,12-13H,3,8-11H2,1-2H3,(H,20,27)(H,21,26). The van der Waals surface area contributed by atoms with E-state index in [1.54, 1.807) is 10.9 Å². The summed E-state index contributed by atoms with van der Waals surface area (Å²) in [5.41, 5.74) is 0.222. The summed E-state index contributed by atoms with van der Waals surface area (Å²) in [4.78, 5) is 34.9. The van der Waals surface area contributed by atoms with Crippen LogP contribution in [-0.2, 0) is 21.4 Å². The lowest BCUT2D eigenvalue weighted by Gasteiger charge is -2.30. The molecule has 2 heterocycles. The van der Waals surface area contributed by atoms with E-state index >= 15 is 0 Å². The van der Waals surface area contributed by atoms with Crippen LogP contribution in [0.25, 0.3) is 0 Å². The minimum atomic E-state index is -3.82. The number of nitro benzene ring substituents is 1. The van der Waals surface area contributed by atoms with E-state index in [0.717, 1.165) is 12.1 Å². The zero-order valence-electron chi connectivity index (χ0n) is 17.6.